The van der Waals surface area contributed by atoms with E-state index >= 15 is 0 Å². The third-order valence-electron chi connectivity index (χ3n) is 3.56. The lowest BCUT2D eigenvalue weighted by Crippen LogP contribution is -2.32. The first-order valence-electron chi connectivity index (χ1n) is 8.28. The predicted molar refractivity (Wildman–Crippen MR) is 93.7 cm³/mol. The maximum absolute atomic E-state index is 12.3. The minimum Gasteiger partial charge on any atom is -0.372 e. The van der Waals surface area contributed by atoms with Gasteiger partial charge in [-0.3, -0.25) is 9.59 Å². The molecule has 0 fully saturated rings. The summed E-state index contributed by atoms with van der Waals surface area (Å²) in [6, 6.07) is 9.26. The van der Waals surface area contributed by atoms with Gasteiger partial charge in [0.25, 0.3) is 0 Å². The number of hydrogen-bond donors (Lipinski definition) is 0. The van der Waals surface area contributed by atoms with Crippen LogP contribution in [0.3, 0.4) is 0 Å². The smallest absolute Gasteiger partial charge is 0.162 e. The Bertz CT molecular complexity index is 518. The Morgan fingerprint density at radius 3 is 2.04 bits per heavy atom. The number of benzene rings is 1. The van der Waals surface area contributed by atoms with Crippen molar-refractivity contribution in [2.45, 2.75) is 72.5 Å². The molecule has 0 aliphatic carbocycles. The Morgan fingerprint density at radius 1 is 1.00 bits per heavy atom. The van der Waals surface area contributed by atoms with Gasteiger partial charge in [0.1, 0.15) is 5.78 Å². The van der Waals surface area contributed by atoms with E-state index in [0.717, 1.165) is 0 Å². The average molecular weight is 318 g/mol. The zero-order chi connectivity index (χ0) is 17.7. The molecular weight excluding hydrogens is 288 g/mol. The molecule has 3 nitrogen and oxygen atoms in total. The number of hydrogen-bond acceptors (Lipinski definition) is 3. The first kappa shape index (κ1) is 19.6. The van der Waals surface area contributed by atoms with Crippen molar-refractivity contribution in [3.63, 3.8) is 0 Å². The number of carbonyl (C=O) groups is 2. The van der Waals surface area contributed by atoms with Crippen LogP contribution in [0.1, 0.15) is 71.2 Å². The molecule has 0 N–H and O–H groups in total. The molecule has 0 saturated carbocycles. The van der Waals surface area contributed by atoms with Gasteiger partial charge in [-0.05, 0) is 27.2 Å². The van der Waals surface area contributed by atoms with Crippen LogP contribution in [0.5, 0.6) is 0 Å². The van der Waals surface area contributed by atoms with Gasteiger partial charge in [-0.25, -0.2) is 0 Å². The Morgan fingerprint density at radius 2 is 1.57 bits per heavy atom. The lowest BCUT2D eigenvalue weighted by Gasteiger charge is -2.29. The molecule has 0 amide bonds. The fourth-order valence-corrected chi connectivity index (χ4v) is 2.28. The van der Waals surface area contributed by atoms with Crippen molar-refractivity contribution in [3.05, 3.63) is 35.9 Å². The largest absolute Gasteiger partial charge is 0.372 e. The van der Waals surface area contributed by atoms with E-state index in [2.05, 4.69) is 0 Å². The lowest BCUT2D eigenvalue weighted by atomic mass is 9.86. The summed E-state index contributed by atoms with van der Waals surface area (Å²) in [5.74, 6) is 0.259. The zero-order valence-electron chi connectivity index (χ0n) is 15.3. The number of Topliss-reactive ketones (excluding diaryl/α,β-unsaturated/α-hetero) is 2. The van der Waals surface area contributed by atoms with Gasteiger partial charge < -0.3 is 4.74 Å². The van der Waals surface area contributed by atoms with Crippen molar-refractivity contribution >= 4 is 11.6 Å². The molecule has 1 unspecified atom stereocenters. The van der Waals surface area contributed by atoms with Crippen LogP contribution in [0.15, 0.2) is 30.3 Å². The molecule has 1 aromatic carbocycles. The molecule has 1 atom stereocenters. The topological polar surface area (TPSA) is 43.4 Å². The van der Waals surface area contributed by atoms with Crippen LogP contribution in [0, 0.1) is 5.41 Å². The SMILES string of the molecule is CC(C)(C)OC(CCC(=O)c1ccccc1)CC(=O)C(C)(C)C. The Hall–Kier alpha value is -1.48. The Balaban J connectivity index is 2.70. The molecule has 0 aliphatic heterocycles. The van der Waals surface area contributed by atoms with E-state index in [4.69, 9.17) is 4.74 Å². The van der Waals surface area contributed by atoms with Crippen LogP contribution < -0.4 is 0 Å². The van der Waals surface area contributed by atoms with Gasteiger partial charge in [-0.1, -0.05) is 51.1 Å². The second-order valence-electron chi connectivity index (χ2n) is 8.06. The van der Waals surface area contributed by atoms with Gasteiger partial charge >= 0.3 is 0 Å². The van der Waals surface area contributed by atoms with Gasteiger partial charge in [0.2, 0.25) is 0 Å². The monoisotopic (exact) mass is 318 g/mol. The summed E-state index contributed by atoms with van der Waals surface area (Å²) in [4.78, 5) is 24.6. The number of ether oxygens (including phenoxy) is 1. The van der Waals surface area contributed by atoms with Crippen molar-refractivity contribution in [3.8, 4) is 0 Å². The second kappa shape index (κ2) is 7.87. The van der Waals surface area contributed by atoms with Gasteiger partial charge in [-0.2, -0.15) is 0 Å². The quantitative estimate of drug-likeness (QED) is 0.676. The van der Waals surface area contributed by atoms with Crippen LogP contribution in [0.25, 0.3) is 0 Å². The number of carbonyl (C=O) groups excluding carboxylic acids is 2. The fourth-order valence-electron chi connectivity index (χ4n) is 2.28. The summed E-state index contributed by atoms with van der Waals surface area (Å²) in [6.45, 7) is 11.7. The molecule has 0 bridgehead atoms. The van der Waals surface area contributed by atoms with Crippen molar-refractivity contribution in [1.29, 1.82) is 0 Å². The zero-order valence-corrected chi connectivity index (χ0v) is 15.3. The van der Waals surface area contributed by atoms with Crippen molar-refractivity contribution in [2.24, 2.45) is 5.41 Å². The average Bonchev–Trinajstić information content (AvgIpc) is 2.42. The Labute approximate surface area is 140 Å². The van der Waals surface area contributed by atoms with Crippen molar-refractivity contribution in [2.75, 3.05) is 0 Å². The first-order chi connectivity index (χ1) is 10.5. The predicted octanol–water partition coefficient (Wildman–Crippen LogP) is 4.84. The molecule has 0 saturated heterocycles. The van der Waals surface area contributed by atoms with Crippen LogP contribution in [0.2, 0.25) is 0 Å². The van der Waals surface area contributed by atoms with Crippen molar-refractivity contribution in [1.82, 2.24) is 0 Å². The third-order valence-corrected chi connectivity index (χ3v) is 3.56. The van der Waals surface area contributed by atoms with Gasteiger partial charge in [0.15, 0.2) is 5.78 Å². The van der Waals surface area contributed by atoms with E-state index in [9.17, 15) is 9.59 Å². The maximum atomic E-state index is 12.3. The molecule has 0 spiro atoms. The molecule has 0 radical (unpaired) electrons. The van der Waals surface area contributed by atoms with Crippen LogP contribution in [0.4, 0.5) is 0 Å². The van der Waals surface area contributed by atoms with Crippen LogP contribution in [-0.2, 0) is 9.53 Å². The van der Waals surface area contributed by atoms with E-state index in [0.29, 0.717) is 24.8 Å². The molecular formula is C20H30O3. The highest BCUT2D eigenvalue weighted by molar-refractivity contribution is 5.96. The number of rotatable bonds is 7. The molecule has 128 valence electrons. The summed E-state index contributed by atoms with van der Waals surface area (Å²) < 4.78 is 6.02. The van der Waals surface area contributed by atoms with E-state index in [1.54, 1.807) is 0 Å². The summed E-state index contributed by atoms with van der Waals surface area (Å²) in [5.41, 5.74) is -0.00849. The molecule has 1 aromatic rings. The van der Waals surface area contributed by atoms with E-state index in [-0.39, 0.29) is 28.7 Å². The van der Waals surface area contributed by atoms with Gasteiger partial charge in [0, 0.05) is 23.8 Å². The summed E-state index contributed by atoms with van der Waals surface area (Å²) in [6.07, 6.45) is 1.08. The van der Waals surface area contributed by atoms with E-state index in [1.807, 2.05) is 71.9 Å². The first-order valence-corrected chi connectivity index (χ1v) is 8.28. The normalized spacial score (nSPS) is 13.7. The van der Waals surface area contributed by atoms with Gasteiger partial charge in [0.05, 0.1) is 11.7 Å². The fraction of sp³-hybridized carbons (Fsp3) is 0.600. The van der Waals surface area contributed by atoms with Crippen molar-refractivity contribution < 1.29 is 14.3 Å². The number of ketones is 2. The van der Waals surface area contributed by atoms with Gasteiger partial charge in [-0.15, -0.1) is 0 Å². The summed E-state index contributed by atoms with van der Waals surface area (Å²) >= 11 is 0. The minimum absolute atomic E-state index is 0.0938. The van der Waals surface area contributed by atoms with Crippen LogP contribution in [-0.4, -0.2) is 23.3 Å². The third kappa shape index (κ3) is 7.56. The standard InChI is InChI=1S/C20H30O3/c1-19(2,3)18(22)14-16(23-20(4,5)6)12-13-17(21)15-10-8-7-9-11-15/h7-11,16H,12-14H2,1-6H3. The highest BCUT2D eigenvalue weighted by Gasteiger charge is 2.28. The maximum Gasteiger partial charge on any atom is 0.162 e. The minimum atomic E-state index is -0.386. The lowest BCUT2D eigenvalue weighted by molar-refractivity contribution is -0.133. The van der Waals surface area contributed by atoms with E-state index < -0.39 is 0 Å². The molecule has 0 aromatic heterocycles. The molecule has 3 heteroatoms. The molecule has 23 heavy (non-hydrogen) atoms. The summed E-state index contributed by atoms with van der Waals surface area (Å²) in [7, 11) is 0. The highest BCUT2D eigenvalue weighted by atomic mass is 16.5. The second-order valence-corrected chi connectivity index (χ2v) is 8.06. The molecule has 1 rings (SSSR count). The molecule has 0 heterocycles. The molecule has 0 aliphatic rings. The summed E-state index contributed by atoms with van der Waals surface area (Å²) in [5, 5.41) is 0. The Kier molecular flexibility index (Phi) is 6.69. The highest BCUT2D eigenvalue weighted by Crippen LogP contribution is 2.24. The van der Waals surface area contributed by atoms with Crippen LogP contribution >= 0.6 is 0 Å². The van der Waals surface area contributed by atoms with E-state index in [1.165, 1.54) is 0 Å².